The summed E-state index contributed by atoms with van der Waals surface area (Å²) in [4.78, 5) is 25.1. The Bertz CT molecular complexity index is 942. The third-order valence-corrected chi connectivity index (χ3v) is 4.05. The van der Waals surface area contributed by atoms with E-state index in [4.69, 9.17) is 4.52 Å². The smallest absolute Gasteiger partial charge is 0.176 e. The molecule has 0 bridgehead atoms. The summed E-state index contributed by atoms with van der Waals surface area (Å²) in [5.41, 5.74) is 2.19. The van der Waals surface area contributed by atoms with Crippen molar-refractivity contribution in [2.75, 3.05) is 0 Å². The monoisotopic (exact) mass is 335 g/mol. The minimum absolute atomic E-state index is 0.0920. The highest BCUT2D eigenvalue weighted by molar-refractivity contribution is 6.16. The highest BCUT2D eigenvalue weighted by Gasteiger charge is 2.25. The molecule has 25 heavy (non-hydrogen) atoms. The Balaban J connectivity index is 1.91. The second-order valence-electron chi connectivity index (χ2n) is 5.82. The van der Waals surface area contributed by atoms with Crippen molar-refractivity contribution in [3.63, 3.8) is 0 Å². The van der Waals surface area contributed by atoms with E-state index in [2.05, 4.69) is 5.16 Å². The van der Waals surface area contributed by atoms with Crippen molar-refractivity contribution in [1.29, 1.82) is 0 Å². The van der Waals surface area contributed by atoms with E-state index in [1.807, 2.05) is 30.3 Å². The van der Waals surface area contributed by atoms with Crippen LogP contribution in [-0.2, 0) is 0 Å². The van der Waals surface area contributed by atoms with Crippen molar-refractivity contribution in [3.8, 4) is 17.0 Å². The molecule has 0 aliphatic carbocycles. The van der Waals surface area contributed by atoms with E-state index in [0.29, 0.717) is 22.6 Å². The first-order chi connectivity index (χ1) is 12.0. The topological polar surface area (TPSA) is 80.4 Å². The van der Waals surface area contributed by atoms with Gasteiger partial charge in [0.15, 0.2) is 11.6 Å². The molecule has 1 N–H and O–H groups in total. The second-order valence-corrected chi connectivity index (χ2v) is 5.82. The fourth-order valence-corrected chi connectivity index (χ4v) is 2.71. The Hall–Kier alpha value is -3.21. The fourth-order valence-electron chi connectivity index (χ4n) is 2.71. The molecule has 5 nitrogen and oxygen atoms in total. The van der Waals surface area contributed by atoms with Crippen LogP contribution in [0.1, 0.15) is 38.5 Å². The van der Waals surface area contributed by atoms with Crippen LogP contribution in [0.15, 0.2) is 53.1 Å². The first kappa shape index (κ1) is 16.6. The van der Waals surface area contributed by atoms with Gasteiger partial charge in [-0.25, -0.2) is 0 Å². The van der Waals surface area contributed by atoms with E-state index in [1.54, 1.807) is 26.0 Å². The zero-order valence-corrected chi connectivity index (χ0v) is 13.9. The zero-order valence-electron chi connectivity index (χ0n) is 13.9. The van der Waals surface area contributed by atoms with Gasteiger partial charge in [-0.15, -0.1) is 0 Å². The number of carbonyl (C=O) groups excluding carboxylic acids is 2. The number of hydrogen-bond donors (Lipinski definition) is 1. The predicted molar refractivity (Wildman–Crippen MR) is 92.8 cm³/mol. The molecular weight excluding hydrogens is 318 g/mol. The third kappa shape index (κ3) is 3.21. The lowest BCUT2D eigenvalue weighted by Crippen LogP contribution is -2.10. The van der Waals surface area contributed by atoms with E-state index in [1.165, 1.54) is 6.07 Å². The molecule has 0 radical (unpaired) electrons. The molecular formula is C20H17NO4. The van der Waals surface area contributed by atoms with Gasteiger partial charge in [-0.05, 0) is 25.5 Å². The molecule has 0 fully saturated rings. The van der Waals surface area contributed by atoms with Gasteiger partial charge in [0, 0.05) is 5.56 Å². The quantitative estimate of drug-likeness (QED) is 0.560. The highest BCUT2D eigenvalue weighted by atomic mass is 16.5. The Kier molecular flexibility index (Phi) is 4.48. The Morgan fingerprint density at radius 3 is 2.44 bits per heavy atom. The molecule has 0 spiro atoms. The molecule has 0 atom stereocenters. The van der Waals surface area contributed by atoms with E-state index in [-0.39, 0.29) is 23.5 Å². The van der Waals surface area contributed by atoms with Crippen molar-refractivity contribution < 1.29 is 19.2 Å². The molecule has 0 aliphatic heterocycles. The largest absolute Gasteiger partial charge is 0.507 e. The van der Waals surface area contributed by atoms with Crippen molar-refractivity contribution in [2.24, 2.45) is 0 Å². The van der Waals surface area contributed by atoms with Gasteiger partial charge in [0.2, 0.25) is 0 Å². The molecule has 0 unspecified atom stereocenters. The van der Waals surface area contributed by atoms with Crippen molar-refractivity contribution >= 4 is 11.6 Å². The van der Waals surface area contributed by atoms with Gasteiger partial charge >= 0.3 is 0 Å². The summed E-state index contributed by atoms with van der Waals surface area (Å²) < 4.78 is 5.17. The average Bonchev–Trinajstić information content (AvgIpc) is 2.99. The molecule has 2 aromatic carbocycles. The van der Waals surface area contributed by atoms with Crippen molar-refractivity contribution in [1.82, 2.24) is 5.16 Å². The number of aromatic nitrogens is 1. The first-order valence-corrected chi connectivity index (χ1v) is 7.85. The Morgan fingerprint density at radius 1 is 1.00 bits per heavy atom. The lowest BCUT2D eigenvalue weighted by Gasteiger charge is -2.06. The van der Waals surface area contributed by atoms with E-state index >= 15 is 0 Å². The molecule has 1 aromatic heterocycles. The Morgan fingerprint density at radius 2 is 1.72 bits per heavy atom. The van der Waals surface area contributed by atoms with Crippen LogP contribution < -0.4 is 0 Å². The maximum atomic E-state index is 12.7. The van der Waals surface area contributed by atoms with Crippen LogP contribution in [-0.4, -0.2) is 21.8 Å². The van der Waals surface area contributed by atoms with E-state index < -0.39 is 5.78 Å². The van der Waals surface area contributed by atoms with Crippen LogP contribution in [0.5, 0.6) is 5.75 Å². The number of rotatable bonds is 5. The summed E-state index contributed by atoms with van der Waals surface area (Å²) in [5.74, 6) is -0.551. The summed E-state index contributed by atoms with van der Waals surface area (Å²) >= 11 is 0. The van der Waals surface area contributed by atoms with E-state index in [0.717, 1.165) is 5.56 Å². The van der Waals surface area contributed by atoms with Gasteiger partial charge in [0.1, 0.15) is 17.2 Å². The number of aryl methyl sites for hydroxylation is 2. The van der Waals surface area contributed by atoms with Gasteiger partial charge in [-0.2, -0.15) is 0 Å². The number of ketones is 2. The molecule has 3 aromatic rings. The minimum Gasteiger partial charge on any atom is -0.507 e. The standard InChI is InChI=1S/C20H17NO4/c1-12-7-6-10-15(20(12)24)16(22)11-17(23)18-13(2)25-21-19(18)14-8-4-3-5-9-14/h3-10,24H,11H2,1-2H3. The number of Topliss-reactive ketones (excluding diaryl/α,β-unsaturated/α-hetero) is 2. The number of aromatic hydroxyl groups is 1. The molecule has 5 heteroatoms. The van der Waals surface area contributed by atoms with Gasteiger partial charge in [-0.3, -0.25) is 9.59 Å². The van der Waals surface area contributed by atoms with Crippen LogP contribution in [0.25, 0.3) is 11.3 Å². The summed E-state index contributed by atoms with van der Waals surface area (Å²) in [6.45, 7) is 3.34. The molecule has 3 rings (SSSR count). The fraction of sp³-hybridized carbons (Fsp3) is 0.150. The number of phenols is 1. The SMILES string of the molecule is Cc1cccc(C(=O)CC(=O)c2c(-c3ccccc3)noc2C)c1O. The van der Waals surface area contributed by atoms with Crippen molar-refractivity contribution in [2.45, 2.75) is 20.3 Å². The summed E-state index contributed by atoms with van der Waals surface area (Å²) in [6, 6.07) is 14.1. The average molecular weight is 335 g/mol. The maximum absolute atomic E-state index is 12.7. The van der Waals surface area contributed by atoms with Gasteiger partial charge < -0.3 is 9.63 Å². The lowest BCUT2D eigenvalue weighted by molar-refractivity contribution is 0.0892. The third-order valence-electron chi connectivity index (χ3n) is 4.05. The van der Waals surface area contributed by atoms with Crippen LogP contribution in [0.4, 0.5) is 0 Å². The van der Waals surface area contributed by atoms with Gasteiger partial charge in [-0.1, -0.05) is 47.6 Å². The van der Waals surface area contributed by atoms with Crippen LogP contribution in [0.3, 0.4) is 0 Å². The lowest BCUT2D eigenvalue weighted by atomic mass is 9.96. The number of carbonyl (C=O) groups is 2. The van der Waals surface area contributed by atoms with E-state index in [9.17, 15) is 14.7 Å². The maximum Gasteiger partial charge on any atom is 0.176 e. The summed E-state index contributed by atoms with van der Waals surface area (Å²) in [7, 11) is 0. The normalized spacial score (nSPS) is 10.6. The number of hydrogen-bond acceptors (Lipinski definition) is 5. The predicted octanol–water partition coefficient (Wildman–Crippen LogP) is 4.12. The zero-order chi connectivity index (χ0) is 18.0. The number of nitrogens with zero attached hydrogens (tertiary/aromatic N) is 1. The molecule has 0 aliphatic rings. The van der Waals surface area contributed by atoms with Crippen LogP contribution in [0, 0.1) is 13.8 Å². The number of benzene rings is 2. The van der Waals surface area contributed by atoms with Gasteiger partial charge in [0.05, 0.1) is 17.5 Å². The first-order valence-electron chi connectivity index (χ1n) is 7.85. The molecule has 0 saturated heterocycles. The second kappa shape index (κ2) is 6.73. The summed E-state index contributed by atoms with van der Waals surface area (Å²) in [5, 5.41) is 14.0. The molecule has 1 heterocycles. The van der Waals surface area contributed by atoms with Crippen molar-refractivity contribution in [3.05, 3.63) is 71.0 Å². The molecule has 0 saturated carbocycles. The van der Waals surface area contributed by atoms with Crippen LogP contribution >= 0.6 is 0 Å². The molecule has 0 amide bonds. The molecule has 126 valence electrons. The van der Waals surface area contributed by atoms with Crippen LogP contribution in [0.2, 0.25) is 0 Å². The number of phenolic OH excluding ortho intramolecular Hbond substituents is 1. The number of para-hydroxylation sites is 1. The Labute approximate surface area is 144 Å². The summed E-state index contributed by atoms with van der Waals surface area (Å²) in [6.07, 6.45) is -0.362. The minimum atomic E-state index is -0.439. The van der Waals surface area contributed by atoms with Gasteiger partial charge in [0.25, 0.3) is 0 Å². The highest BCUT2D eigenvalue weighted by Crippen LogP contribution is 2.28.